The largest absolute Gasteiger partial charge is 0.355 e. The van der Waals surface area contributed by atoms with Gasteiger partial charge in [-0.05, 0) is 0 Å². The van der Waals surface area contributed by atoms with Crippen molar-refractivity contribution < 1.29 is 13.2 Å². The summed E-state index contributed by atoms with van der Waals surface area (Å²) >= 11 is 5.41. The number of nitrogens with two attached hydrogens (primary N) is 1. The Hall–Kier alpha value is -0.330. The summed E-state index contributed by atoms with van der Waals surface area (Å²) in [7, 11) is -3.50. The van der Waals surface area contributed by atoms with Crippen LogP contribution in [0.15, 0.2) is 0 Å². The summed E-state index contributed by atoms with van der Waals surface area (Å²) in [5.41, 5.74) is 0. The van der Waals surface area contributed by atoms with Crippen LogP contribution in [0.5, 0.6) is 0 Å². The summed E-state index contributed by atoms with van der Waals surface area (Å²) in [4.78, 5) is 11.0. The lowest BCUT2D eigenvalue weighted by Gasteiger charge is -2.07. The molecule has 5 nitrogen and oxygen atoms in total. The fraction of sp³-hybridized carbons (Fsp3) is 0.833. The van der Waals surface area contributed by atoms with Gasteiger partial charge in [-0.25, -0.2) is 13.6 Å². The number of primary sulfonamides is 1. The maximum Gasteiger partial charge on any atom is 0.224 e. The summed E-state index contributed by atoms with van der Waals surface area (Å²) in [5.74, 6) is -0.629. The molecular formula is C6H13ClN2O3S. The lowest BCUT2D eigenvalue weighted by atomic mass is 10.2. The summed E-state index contributed by atoms with van der Waals surface area (Å²) < 4.78 is 20.9. The third-order valence-electron chi connectivity index (χ3n) is 1.36. The van der Waals surface area contributed by atoms with Gasteiger partial charge in [-0.1, -0.05) is 6.92 Å². The molecule has 1 amide bonds. The van der Waals surface area contributed by atoms with Crippen molar-refractivity contribution in [1.82, 2.24) is 5.32 Å². The van der Waals surface area contributed by atoms with Crippen LogP contribution < -0.4 is 10.5 Å². The van der Waals surface area contributed by atoms with Crippen molar-refractivity contribution in [2.24, 2.45) is 11.1 Å². The molecule has 7 heteroatoms. The van der Waals surface area contributed by atoms with Gasteiger partial charge >= 0.3 is 0 Å². The van der Waals surface area contributed by atoms with E-state index in [0.29, 0.717) is 0 Å². The Morgan fingerprint density at radius 1 is 1.62 bits per heavy atom. The second-order valence-corrected chi connectivity index (χ2v) is 4.76. The molecule has 0 radical (unpaired) electrons. The van der Waals surface area contributed by atoms with Crippen molar-refractivity contribution in [2.75, 3.05) is 18.2 Å². The molecule has 0 saturated heterocycles. The van der Waals surface area contributed by atoms with Crippen LogP contribution in [0.4, 0.5) is 0 Å². The van der Waals surface area contributed by atoms with E-state index in [1.54, 1.807) is 6.92 Å². The number of halogens is 1. The second kappa shape index (κ2) is 5.41. The molecule has 0 aromatic heterocycles. The normalized spacial score (nSPS) is 13.8. The van der Waals surface area contributed by atoms with E-state index in [9.17, 15) is 13.2 Å². The van der Waals surface area contributed by atoms with E-state index in [-0.39, 0.29) is 30.0 Å². The van der Waals surface area contributed by atoms with Crippen molar-refractivity contribution in [1.29, 1.82) is 0 Å². The van der Waals surface area contributed by atoms with E-state index in [4.69, 9.17) is 16.7 Å². The van der Waals surface area contributed by atoms with Crippen molar-refractivity contribution >= 4 is 27.5 Å². The van der Waals surface area contributed by atoms with Gasteiger partial charge in [0.15, 0.2) is 0 Å². The minimum absolute atomic E-state index is 0.0267. The van der Waals surface area contributed by atoms with E-state index in [1.807, 2.05) is 0 Å². The van der Waals surface area contributed by atoms with E-state index in [1.165, 1.54) is 0 Å². The molecule has 0 heterocycles. The topological polar surface area (TPSA) is 89.3 Å². The molecule has 3 N–H and O–H groups in total. The van der Waals surface area contributed by atoms with Crippen LogP contribution in [0.1, 0.15) is 6.92 Å². The monoisotopic (exact) mass is 228 g/mol. The number of alkyl halides is 1. The maximum atomic E-state index is 11.0. The van der Waals surface area contributed by atoms with Gasteiger partial charge in [0, 0.05) is 18.3 Å². The van der Waals surface area contributed by atoms with Crippen molar-refractivity contribution in [3.05, 3.63) is 0 Å². The molecule has 0 fully saturated rings. The fourth-order valence-corrected chi connectivity index (χ4v) is 1.09. The van der Waals surface area contributed by atoms with Crippen molar-refractivity contribution in [2.45, 2.75) is 6.92 Å². The predicted molar refractivity (Wildman–Crippen MR) is 50.9 cm³/mol. The Balaban J connectivity index is 3.72. The number of carbonyl (C=O) groups excluding carboxylic acids is 1. The summed E-state index contributed by atoms with van der Waals surface area (Å²) in [6, 6.07) is 0. The number of carbonyl (C=O) groups is 1. The molecule has 0 saturated carbocycles. The van der Waals surface area contributed by atoms with E-state index in [2.05, 4.69) is 5.32 Å². The van der Waals surface area contributed by atoms with Crippen LogP contribution in [0.2, 0.25) is 0 Å². The highest BCUT2D eigenvalue weighted by Crippen LogP contribution is 1.96. The molecule has 1 atom stereocenters. The predicted octanol–water partition coefficient (Wildman–Crippen LogP) is -0.734. The molecule has 0 aliphatic rings. The van der Waals surface area contributed by atoms with Crippen LogP contribution in [0, 0.1) is 5.92 Å². The first-order valence-electron chi connectivity index (χ1n) is 3.71. The average molecular weight is 229 g/mol. The summed E-state index contributed by atoms with van der Waals surface area (Å²) in [6.07, 6.45) is 0. The zero-order valence-corrected chi connectivity index (χ0v) is 8.86. The first-order valence-corrected chi connectivity index (χ1v) is 5.96. The molecule has 1 unspecified atom stereocenters. The first kappa shape index (κ1) is 12.7. The minimum atomic E-state index is -3.50. The standard InChI is InChI=1S/C6H13ClN2O3S/c1-5(4-7)6(10)9-2-3-13(8,11)12/h5H,2-4H2,1H3,(H,9,10)(H2,8,11,12). The summed E-state index contributed by atoms with van der Waals surface area (Å²) in [6.45, 7) is 1.68. The van der Waals surface area contributed by atoms with Gasteiger partial charge in [0.2, 0.25) is 15.9 Å². The molecule has 78 valence electrons. The molecule has 0 aliphatic heterocycles. The van der Waals surface area contributed by atoms with Crippen LogP contribution in [-0.4, -0.2) is 32.5 Å². The zero-order valence-electron chi connectivity index (χ0n) is 7.29. The highest BCUT2D eigenvalue weighted by atomic mass is 35.5. The average Bonchev–Trinajstić information content (AvgIpc) is 2.00. The highest BCUT2D eigenvalue weighted by Gasteiger charge is 2.11. The minimum Gasteiger partial charge on any atom is -0.355 e. The number of sulfonamides is 1. The van der Waals surface area contributed by atoms with Crippen LogP contribution in [0.3, 0.4) is 0 Å². The van der Waals surface area contributed by atoms with Gasteiger partial charge in [-0.2, -0.15) is 0 Å². The number of rotatable bonds is 5. The molecule has 13 heavy (non-hydrogen) atoms. The lowest BCUT2D eigenvalue weighted by Crippen LogP contribution is -2.35. The molecule has 0 rings (SSSR count). The Labute approximate surface area is 82.7 Å². The highest BCUT2D eigenvalue weighted by molar-refractivity contribution is 7.89. The Morgan fingerprint density at radius 3 is 2.54 bits per heavy atom. The Morgan fingerprint density at radius 2 is 2.15 bits per heavy atom. The molecule has 0 spiro atoms. The van der Waals surface area contributed by atoms with Crippen LogP contribution in [0.25, 0.3) is 0 Å². The number of nitrogens with one attached hydrogen (secondary N) is 1. The van der Waals surface area contributed by atoms with Gasteiger partial charge in [-0.3, -0.25) is 4.79 Å². The lowest BCUT2D eigenvalue weighted by molar-refractivity contribution is -0.123. The third kappa shape index (κ3) is 6.80. The van der Waals surface area contributed by atoms with E-state index in [0.717, 1.165) is 0 Å². The van der Waals surface area contributed by atoms with E-state index < -0.39 is 10.0 Å². The van der Waals surface area contributed by atoms with Crippen LogP contribution in [-0.2, 0) is 14.8 Å². The molecule has 0 bridgehead atoms. The quantitative estimate of drug-likeness (QED) is 0.608. The number of amides is 1. The number of hydrogen-bond donors (Lipinski definition) is 2. The summed E-state index contributed by atoms with van der Waals surface area (Å²) in [5, 5.41) is 7.13. The SMILES string of the molecule is CC(CCl)C(=O)NCCS(N)(=O)=O. The van der Waals surface area contributed by atoms with Crippen molar-refractivity contribution in [3.8, 4) is 0 Å². The first-order chi connectivity index (χ1) is 5.87. The van der Waals surface area contributed by atoms with Crippen molar-refractivity contribution in [3.63, 3.8) is 0 Å². The van der Waals surface area contributed by atoms with Gasteiger partial charge in [0.05, 0.1) is 5.75 Å². The zero-order chi connectivity index (χ0) is 10.5. The molecule has 0 aliphatic carbocycles. The van der Waals surface area contributed by atoms with Crippen LogP contribution >= 0.6 is 11.6 Å². The second-order valence-electron chi connectivity index (χ2n) is 2.71. The maximum absolute atomic E-state index is 11.0. The van der Waals surface area contributed by atoms with Gasteiger partial charge < -0.3 is 5.32 Å². The smallest absolute Gasteiger partial charge is 0.224 e. The van der Waals surface area contributed by atoms with Gasteiger partial charge in [-0.15, -0.1) is 11.6 Å². The van der Waals surface area contributed by atoms with E-state index >= 15 is 0 Å². The van der Waals surface area contributed by atoms with Gasteiger partial charge in [0.1, 0.15) is 0 Å². The van der Waals surface area contributed by atoms with Gasteiger partial charge in [0.25, 0.3) is 0 Å². The fourth-order valence-electron chi connectivity index (χ4n) is 0.561. The number of hydrogen-bond acceptors (Lipinski definition) is 3. The molecule has 0 aromatic rings. The Bertz CT molecular complexity index is 265. The third-order valence-corrected chi connectivity index (χ3v) is 2.60. The Kier molecular flexibility index (Phi) is 5.27. The molecule has 0 aromatic carbocycles. The molecular weight excluding hydrogens is 216 g/mol.